The van der Waals surface area contributed by atoms with Gasteiger partial charge >= 0.3 is 0 Å². The third-order valence-corrected chi connectivity index (χ3v) is 3.19. The lowest BCUT2D eigenvalue weighted by Gasteiger charge is -2.06. The minimum atomic E-state index is 0.121. The van der Waals surface area contributed by atoms with E-state index < -0.39 is 0 Å². The van der Waals surface area contributed by atoms with Crippen LogP contribution in [0.25, 0.3) is 10.2 Å². The lowest BCUT2D eigenvalue weighted by Crippen LogP contribution is -2.04. The molecule has 0 fully saturated rings. The fourth-order valence-corrected chi connectivity index (χ4v) is 2.34. The van der Waals surface area contributed by atoms with Gasteiger partial charge in [0.15, 0.2) is 0 Å². The minimum absolute atomic E-state index is 0.121. The first-order chi connectivity index (χ1) is 8.24. The molecule has 0 bridgehead atoms. The molecule has 0 aliphatic carbocycles. The van der Waals surface area contributed by atoms with E-state index in [1.165, 1.54) is 4.88 Å². The highest BCUT2D eigenvalue weighted by Gasteiger charge is 2.10. The number of aliphatic hydroxyl groups excluding tert-OH is 1. The molecule has 0 aliphatic heterocycles. The second kappa shape index (κ2) is 5.29. The van der Waals surface area contributed by atoms with Crippen LogP contribution in [0, 0.1) is 6.92 Å². The first-order valence-electron chi connectivity index (χ1n) is 5.44. The number of aliphatic hydroxyl groups is 1. The summed E-state index contributed by atoms with van der Waals surface area (Å²) in [7, 11) is 1.78. The topological polar surface area (TPSA) is 67.3 Å². The van der Waals surface area contributed by atoms with E-state index in [-0.39, 0.29) is 6.61 Å². The minimum Gasteiger partial charge on any atom is -0.477 e. The lowest BCUT2D eigenvalue weighted by atomic mass is 10.3. The Hall–Kier alpha value is -1.40. The molecule has 92 valence electrons. The summed E-state index contributed by atoms with van der Waals surface area (Å²) in [5.41, 5.74) is 0. The van der Waals surface area contributed by atoms with E-state index in [2.05, 4.69) is 15.3 Å². The average molecular weight is 253 g/mol. The summed E-state index contributed by atoms with van der Waals surface area (Å²) in [6.07, 6.45) is 0.601. The van der Waals surface area contributed by atoms with Gasteiger partial charge in [-0.15, -0.1) is 11.3 Å². The average Bonchev–Trinajstić information content (AvgIpc) is 2.69. The second-order valence-corrected chi connectivity index (χ2v) is 4.84. The number of anilines is 1. The van der Waals surface area contributed by atoms with Gasteiger partial charge in [-0.25, -0.2) is 4.98 Å². The highest BCUT2D eigenvalue weighted by atomic mass is 32.1. The molecule has 0 aromatic carbocycles. The van der Waals surface area contributed by atoms with Crippen LogP contribution in [-0.2, 0) is 0 Å². The Bertz CT molecular complexity index is 513. The van der Waals surface area contributed by atoms with Gasteiger partial charge in [-0.3, -0.25) is 0 Å². The second-order valence-electron chi connectivity index (χ2n) is 3.60. The number of rotatable bonds is 5. The first-order valence-corrected chi connectivity index (χ1v) is 6.26. The molecule has 0 saturated heterocycles. The van der Waals surface area contributed by atoms with Crippen molar-refractivity contribution < 1.29 is 9.84 Å². The van der Waals surface area contributed by atoms with Crippen molar-refractivity contribution in [3.63, 3.8) is 0 Å². The van der Waals surface area contributed by atoms with E-state index in [4.69, 9.17) is 9.84 Å². The molecule has 2 N–H and O–H groups in total. The van der Waals surface area contributed by atoms with E-state index in [1.54, 1.807) is 18.4 Å². The van der Waals surface area contributed by atoms with Gasteiger partial charge in [0.2, 0.25) is 11.8 Å². The van der Waals surface area contributed by atoms with Crippen molar-refractivity contribution in [1.29, 1.82) is 0 Å². The van der Waals surface area contributed by atoms with Gasteiger partial charge < -0.3 is 15.2 Å². The van der Waals surface area contributed by atoms with E-state index in [0.717, 1.165) is 10.2 Å². The van der Waals surface area contributed by atoms with Gasteiger partial charge in [0.25, 0.3) is 0 Å². The molecule has 0 spiro atoms. The first kappa shape index (κ1) is 12.1. The molecule has 0 amide bonds. The van der Waals surface area contributed by atoms with Gasteiger partial charge in [0.1, 0.15) is 4.83 Å². The maximum atomic E-state index is 8.74. The molecule has 0 saturated carbocycles. The van der Waals surface area contributed by atoms with Gasteiger partial charge in [-0.05, 0) is 13.0 Å². The van der Waals surface area contributed by atoms with Crippen LogP contribution in [0.3, 0.4) is 0 Å². The number of hydrogen-bond acceptors (Lipinski definition) is 6. The molecule has 6 heteroatoms. The molecule has 2 aromatic rings. The van der Waals surface area contributed by atoms with Crippen molar-refractivity contribution in [2.45, 2.75) is 13.3 Å². The van der Waals surface area contributed by atoms with Crippen molar-refractivity contribution in [2.24, 2.45) is 0 Å². The fourth-order valence-electron chi connectivity index (χ4n) is 1.47. The molecule has 2 aromatic heterocycles. The Balaban J connectivity index is 2.36. The van der Waals surface area contributed by atoms with Crippen LogP contribution in [0.1, 0.15) is 11.3 Å². The number of nitrogens with zero attached hydrogens (tertiary/aromatic N) is 2. The van der Waals surface area contributed by atoms with Gasteiger partial charge in [0.05, 0.1) is 12.0 Å². The quantitative estimate of drug-likeness (QED) is 0.795. The Morgan fingerprint density at radius 1 is 1.47 bits per heavy atom. The molecule has 0 aliphatic rings. The third-order valence-electron chi connectivity index (χ3n) is 2.25. The van der Waals surface area contributed by atoms with Crippen molar-refractivity contribution in [2.75, 3.05) is 25.6 Å². The Morgan fingerprint density at radius 2 is 2.29 bits per heavy atom. The highest BCUT2D eigenvalue weighted by Crippen LogP contribution is 2.30. The summed E-state index contributed by atoms with van der Waals surface area (Å²) < 4.78 is 5.57. The van der Waals surface area contributed by atoms with E-state index in [1.807, 2.05) is 13.0 Å². The van der Waals surface area contributed by atoms with Crippen LogP contribution in [0.4, 0.5) is 5.95 Å². The SMILES string of the molecule is CNc1nc(OCCCO)c2cc(C)sc2n1. The predicted octanol–water partition coefficient (Wildman–Crippen LogP) is 1.80. The number of hydrogen-bond donors (Lipinski definition) is 2. The smallest absolute Gasteiger partial charge is 0.227 e. The molecule has 0 atom stereocenters. The van der Waals surface area contributed by atoms with Crippen molar-refractivity contribution in [3.05, 3.63) is 10.9 Å². The number of fused-ring (bicyclic) bond motifs is 1. The molecule has 5 nitrogen and oxygen atoms in total. The number of aryl methyl sites for hydroxylation is 1. The van der Waals surface area contributed by atoms with E-state index in [0.29, 0.717) is 24.9 Å². The summed E-state index contributed by atoms with van der Waals surface area (Å²) in [5, 5.41) is 12.6. The van der Waals surface area contributed by atoms with Crippen LogP contribution in [0.5, 0.6) is 5.88 Å². The molecular formula is C11H15N3O2S. The van der Waals surface area contributed by atoms with Crippen molar-refractivity contribution in [3.8, 4) is 5.88 Å². The molecule has 17 heavy (non-hydrogen) atoms. The Morgan fingerprint density at radius 3 is 3.00 bits per heavy atom. The van der Waals surface area contributed by atoms with E-state index in [9.17, 15) is 0 Å². The van der Waals surface area contributed by atoms with Gasteiger partial charge in [-0.2, -0.15) is 4.98 Å². The monoisotopic (exact) mass is 253 g/mol. The summed E-state index contributed by atoms with van der Waals surface area (Å²) in [4.78, 5) is 10.7. The van der Waals surface area contributed by atoms with Crippen LogP contribution < -0.4 is 10.1 Å². The van der Waals surface area contributed by atoms with Crippen molar-refractivity contribution >= 4 is 27.5 Å². The molecule has 2 rings (SSSR count). The summed E-state index contributed by atoms with van der Waals surface area (Å²) in [5.74, 6) is 1.13. The standard InChI is InChI=1S/C11H15N3O2S/c1-7-6-8-9(16-5-3-4-15)13-11(12-2)14-10(8)17-7/h6,15H,3-5H2,1-2H3,(H,12,13,14). The third kappa shape index (κ3) is 2.65. The van der Waals surface area contributed by atoms with Crippen LogP contribution in [0.2, 0.25) is 0 Å². The zero-order valence-corrected chi connectivity index (χ0v) is 10.7. The zero-order chi connectivity index (χ0) is 12.3. The number of nitrogens with one attached hydrogen (secondary N) is 1. The van der Waals surface area contributed by atoms with Gasteiger partial charge in [0, 0.05) is 25.0 Å². The summed E-state index contributed by atoms with van der Waals surface area (Å²) >= 11 is 1.61. The highest BCUT2D eigenvalue weighted by molar-refractivity contribution is 7.18. The molecular weight excluding hydrogens is 238 g/mol. The number of aromatic nitrogens is 2. The lowest BCUT2D eigenvalue weighted by molar-refractivity contribution is 0.231. The molecule has 2 heterocycles. The largest absolute Gasteiger partial charge is 0.477 e. The maximum Gasteiger partial charge on any atom is 0.227 e. The number of thiophene rings is 1. The summed E-state index contributed by atoms with van der Waals surface area (Å²) in [6, 6.07) is 2.02. The van der Waals surface area contributed by atoms with Crippen molar-refractivity contribution in [1.82, 2.24) is 9.97 Å². The molecule has 0 radical (unpaired) electrons. The Kier molecular flexibility index (Phi) is 3.75. The fraction of sp³-hybridized carbons (Fsp3) is 0.455. The van der Waals surface area contributed by atoms with E-state index >= 15 is 0 Å². The normalized spacial score (nSPS) is 10.8. The van der Waals surface area contributed by atoms with Gasteiger partial charge in [-0.1, -0.05) is 0 Å². The zero-order valence-electron chi connectivity index (χ0n) is 9.86. The van der Waals surface area contributed by atoms with Crippen LogP contribution in [0.15, 0.2) is 6.07 Å². The number of ether oxygens (including phenoxy) is 1. The predicted molar refractivity (Wildman–Crippen MR) is 68.9 cm³/mol. The summed E-state index contributed by atoms with van der Waals surface area (Å²) in [6.45, 7) is 2.61. The Labute approximate surface area is 103 Å². The maximum absolute atomic E-state index is 8.74. The molecule has 0 unspecified atom stereocenters. The van der Waals surface area contributed by atoms with Crippen LogP contribution in [-0.4, -0.2) is 35.3 Å². The van der Waals surface area contributed by atoms with Crippen LogP contribution >= 0.6 is 11.3 Å².